The van der Waals surface area contributed by atoms with Crippen molar-refractivity contribution >= 4 is 23.7 Å². The van der Waals surface area contributed by atoms with Crippen molar-refractivity contribution in [3.63, 3.8) is 0 Å². The van der Waals surface area contributed by atoms with Crippen LogP contribution >= 0.6 is 11.8 Å². The maximum Gasteiger partial charge on any atom is 0.318 e. The second kappa shape index (κ2) is 4.17. The maximum absolute atomic E-state index is 10.7. The molecule has 2 heterocycles. The van der Waals surface area contributed by atoms with Crippen LogP contribution in [0, 0.1) is 0 Å². The molecular weight excluding hydrogens is 232 g/mol. The molecule has 7 heteroatoms. The zero-order valence-corrected chi connectivity index (χ0v) is 9.36. The molecule has 86 valence electrons. The molecule has 1 aromatic heterocycles. The predicted molar refractivity (Wildman–Crippen MR) is 55.0 cm³/mol. The Bertz CT molecular complexity index is 419. The molecule has 0 spiro atoms. The summed E-state index contributed by atoms with van der Waals surface area (Å²) in [6, 6.07) is 0. The molecule has 2 rings (SSSR count). The van der Waals surface area contributed by atoms with E-state index in [1.54, 1.807) is 10.8 Å². The Morgan fingerprint density at radius 3 is 3.06 bits per heavy atom. The second-order valence-electron chi connectivity index (χ2n) is 3.39. The SMILES string of the molecule is CC(=O)OCc1cn2c(n1)SC(C(=O)O)C2. The van der Waals surface area contributed by atoms with Crippen molar-refractivity contribution in [3.8, 4) is 0 Å². The van der Waals surface area contributed by atoms with Crippen LogP contribution in [0.2, 0.25) is 0 Å². The van der Waals surface area contributed by atoms with Crippen LogP contribution in [0.25, 0.3) is 0 Å². The Morgan fingerprint density at radius 2 is 2.50 bits per heavy atom. The van der Waals surface area contributed by atoms with Crippen LogP contribution in [0.1, 0.15) is 12.6 Å². The number of carbonyl (C=O) groups is 2. The molecule has 16 heavy (non-hydrogen) atoms. The second-order valence-corrected chi connectivity index (χ2v) is 4.56. The fraction of sp³-hybridized carbons (Fsp3) is 0.444. The molecule has 1 N–H and O–H groups in total. The van der Waals surface area contributed by atoms with Gasteiger partial charge in [-0.15, -0.1) is 0 Å². The predicted octanol–water partition coefficient (Wildman–Crippen LogP) is 0.505. The molecule has 1 aliphatic rings. The molecule has 1 aromatic rings. The third-order valence-corrected chi connectivity index (χ3v) is 3.27. The monoisotopic (exact) mass is 242 g/mol. The fourth-order valence-electron chi connectivity index (χ4n) is 1.39. The lowest BCUT2D eigenvalue weighted by molar-refractivity contribution is -0.142. The van der Waals surface area contributed by atoms with E-state index in [-0.39, 0.29) is 12.6 Å². The summed E-state index contributed by atoms with van der Waals surface area (Å²) in [4.78, 5) is 25.5. The first-order valence-electron chi connectivity index (χ1n) is 4.65. The standard InChI is InChI=1S/C9H10N2O4S/c1-5(12)15-4-6-2-11-3-7(8(13)14)16-9(11)10-6/h2,7H,3-4H2,1H3,(H,13,14). The third kappa shape index (κ3) is 2.19. The Balaban J connectivity index is 2.01. The van der Waals surface area contributed by atoms with E-state index in [1.165, 1.54) is 18.7 Å². The number of carbonyl (C=O) groups excluding carboxylic acids is 1. The Labute approximate surface area is 95.6 Å². The molecule has 1 unspecified atom stereocenters. The summed E-state index contributed by atoms with van der Waals surface area (Å²) in [6.45, 7) is 1.87. The highest BCUT2D eigenvalue weighted by molar-refractivity contribution is 8.00. The van der Waals surface area contributed by atoms with E-state index in [9.17, 15) is 9.59 Å². The van der Waals surface area contributed by atoms with E-state index < -0.39 is 11.2 Å². The number of fused-ring (bicyclic) bond motifs is 1. The van der Waals surface area contributed by atoms with Crippen LogP contribution in [0.5, 0.6) is 0 Å². The van der Waals surface area contributed by atoms with Gasteiger partial charge >= 0.3 is 11.9 Å². The van der Waals surface area contributed by atoms with Crippen molar-refractivity contribution in [2.75, 3.05) is 0 Å². The van der Waals surface area contributed by atoms with Crippen LogP contribution in [-0.4, -0.2) is 31.8 Å². The molecule has 0 bridgehead atoms. The molecule has 0 saturated carbocycles. The molecule has 1 atom stereocenters. The van der Waals surface area contributed by atoms with Gasteiger partial charge in [0.05, 0.1) is 5.69 Å². The van der Waals surface area contributed by atoms with Crippen molar-refractivity contribution in [1.82, 2.24) is 9.55 Å². The summed E-state index contributed by atoms with van der Waals surface area (Å²) >= 11 is 1.21. The molecule has 0 radical (unpaired) electrons. The van der Waals surface area contributed by atoms with Gasteiger partial charge < -0.3 is 14.4 Å². The summed E-state index contributed by atoms with van der Waals surface area (Å²) in [5.41, 5.74) is 0.640. The summed E-state index contributed by atoms with van der Waals surface area (Å²) < 4.78 is 6.56. The van der Waals surface area contributed by atoms with Crippen LogP contribution in [0.3, 0.4) is 0 Å². The lowest BCUT2D eigenvalue weighted by Crippen LogP contribution is -2.16. The van der Waals surface area contributed by atoms with Gasteiger partial charge in [-0.1, -0.05) is 11.8 Å². The first-order valence-corrected chi connectivity index (χ1v) is 5.53. The molecule has 0 aromatic carbocycles. The first-order chi connectivity index (χ1) is 7.56. The van der Waals surface area contributed by atoms with Crippen LogP contribution in [-0.2, 0) is 27.5 Å². The van der Waals surface area contributed by atoms with Crippen LogP contribution in [0.15, 0.2) is 11.4 Å². The Hall–Kier alpha value is -1.50. The lowest BCUT2D eigenvalue weighted by Gasteiger charge is -2.00. The number of imidazole rings is 1. The van der Waals surface area contributed by atoms with Crippen molar-refractivity contribution in [2.24, 2.45) is 0 Å². The van der Waals surface area contributed by atoms with E-state index in [4.69, 9.17) is 9.84 Å². The minimum atomic E-state index is -0.836. The highest BCUT2D eigenvalue weighted by atomic mass is 32.2. The number of nitrogens with zero attached hydrogens (tertiary/aromatic N) is 2. The summed E-state index contributed by atoms with van der Waals surface area (Å²) in [6.07, 6.45) is 1.72. The van der Waals surface area contributed by atoms with Gasteiger partial charge in [-0.2, -0.15) is 0 Å². The zero-order valence-electron chi connectivity index (χ0n) is 8.54. The smallest absolute Gasteiger partial charge is 0.318 e. The normalized spacial score (nSPS) is 18.2. The number of hydrogen-bond acceptors (Lipinski definition) is 5. The van der Waals surface area contributed by atoms with Gasteiger partial charge in [-0.25, -0.2) is 4.98 Å². The van der Waals surface area contributed by atoms with E-state index in [1.807, 2.05) is 0 Å². The number of carboxylic acids is 1. The number of ether oxygens (including phenoxy) is 1. The molecule has 0 fully saturated rings. The molecular formula is C9H10N2O4S. The van der Waals surface area contributed by atoms with Gasteiger partial charge in [0.15, 0.2) is 5.16 Å². The van der Waals surface area contributed by atoms with Crippen LogP contribution < -0.4 is 0 Å². The zero-order chi connectivity index (χ0) is 11.7. The Morgan fingerprint density at radius 1 is 1.75 bits per heavy atom. The van der Waals surface area contributed by atoms with Gasteiger partial charge in [-0.3, -0.25) is 9.59 Å². The number of esters is 1. The van der Waals surface area contributed by atoms with Crippen LogP contribution in [0.4, 0.5) is 0 Å². The number of rotatable bonds is 3. The van der Waals surface area contributed by atoms with Gasteiger partial charge in [0.1, 0.15) is 11.9 Å². The van der Waals surface area contributed by atoms with Gasteiger partial charge in [-0.05, 0) is 0 Å². The average molecular weight is 242 g/mol. The molecule has 0 saturated heterocycles. The van der Waals surface area contributed by atoms with E-state index in [0.717, 1.165) is 0 Å². The Kier molecular flexibility index (Phi) is 2.86. The van der Waals surface area contributed by atoms with E-state index >= 15 is 0 Å². The van der Waals surface area contributed by atoms with Gasteiger partial charge in [0.25, 0.3) is 0 Å². The van der Waals surface area contributed by atoms with Crippen molar-refractivity contribution in [1.29, 1.82) is 0 Å². The third-order valence-electron chi connectivity index (χ3n) is 2.10. The number of aliphatic carboxylic acids is 1. The highest BCUT2D eigenvalue weighted by Gasteiger charge is 2.29. The minimum absolute atomic E-state index is 0.133. The molecule has 0 aliphatic carbocycles. The minimum Gasteiger partial charge on any atom is -0.480 e. The van der Waals surface area contributed by atoms with Crippen molar-refractivity contribution in [2.45, 2.75) is 30.5 Å². The number of hydrogen-bond donors (Lipinski definition) is 1. The maximum atomic E-state index is 10.7. The fourth-order valence-corrected chi connectivity index (χ4v) is 2.42. The van der Waals surface area contributed by atoms with Gasteiger partial charge in [0.2, 0.25) is 0 Å². The van der Waals surface area contributed by atoms with E-state index in [2.05, 4.69) is 4.98 Å². The summed E-state index contributed by atoms with van der Waals surface area (Å²) in [5, 5.41) is 9.01. The first kappa shape index (κ1) is 11.0. The van der Waals surface area contributed by atoms with Crippen molar-refractivity contribution < 1.29 is 19.4 Å². The topological polar surface area (TPSA) is 81.4 Å². The molecule has 0 amide bonds. The van der Waals surface area contributed by atoms with E-state index in [0.29, 0.717) is 17.4 Å². The average Bonchev–Trinajstić information content (AvgIpc) is 2.70. The highest BCUT2D eigenvalue weighted by Crippen LogP contribution is 2.31. The summed E-state index contributed by atoms with van der Waals surface area (Å²) in [7, 11) is 0. The summed E-state index contributed by atoms with van der Waals surface area (Å²) in [5.74, 6) is -1.19. The number of thioether (sulfide) groups is 1. The number of carboxylic acid groups (broad SMARTS) is 1. The molecule has 1 aliphatic heterocycles. The quantitative estimate of drug-likeness (QED) is 0.777. The lowest BCUT2D eigenvalue weighted by atomic mass is 10.4. The van der Waals surface area contributed by atoms with Crippen molar-refractivity contribution in [3.05, 3.63) is 11.9 Å². The largest absolute Gasteiger partial charge is 0.480 e. The van der Waals surface area contributed by atoms with Gasteiger partial charge in [0, 0.05) is 19.7 Å². The number of aromatic nitrogens is 2. The molecule has 6 nitrogen and oxygen atoms in total.